The van der Waals surface area contributed by atoms with Crippen LogP contribution in [-0.2, 0) is 6.54 Å². The molecule has 4 heteroatoms. The largest absolute Gasteiger partial charge is 0.311 e. The molecule has 2 aromatic rings. The second-order valence-electron chi connectivity index (χ2n) is 3.90. The van der Waals surface area contributed by atoms with E-state index in [1.807, 2.05) is 25.4 Å². The summed E-state index contributed by atoms with van der Waals surface area (Å²) in [6.45, 7) is 3.22. The summed E-state index contributed by atoms with van der Waals surface area (Å²) < 4.78 is 13.9. The Balaban J connectivity index is 2.07. The van der Waals surface area contributed by atoms with Crippen LogP contribution in [0.1, 0.15) is 17.7 Å². The lowest BCUT2D eigenvalue weighted by atomic mass is 10.3. The van der Waals surface area contributed by atoms with Gasteiger partial charge in [-0.05, 0) is 37.6 Å². The molecular weight excluding hydrogens is 205 g/mol. The van der Waals surface area contributed by atoms with Gasteiger partial charge < -0.3 is 9.72 Å². The highest BCUT2D eigenvalue weighted by Gasteiger charge is 2.02. The number of alkyl halides is 1. The van der Waals surface area contributed by atoms with E-state index in [1.165, 1.54) is 5.56 Å². The van der Waals surface area contributed by atoms with Gasteiger partial charge in [0.05, 0.1) is 18.6 Å². The van der Waals surface area contributed by atoms with E-state index in [1.54, 1.807) is 0 Å². The van der Waals surface area contributed by atoms with E-state index in [-0.39, 0.29) is 6.67 Å². The normalized spacial score (nSPS) is 11.1. The summed E-state index contributed by atoms with van der Waals surface area (Å²) in [5.41, 5.74) is 3.27. The molecule has 0 fully saturated rings. The van der Waals surface area contributed by atoms with Gasteiger partial charge in [-0.3, -0.25) is 4.39 Å². The van der Waals surface area contributed by atoms with E-state index in [0.29, 0.717) is 13.0 Å². The molecular formula is C12H16FN3. The van der Waals surface area contributed by atoms with Crippen LogP contribution in [0.15, 0.2) is 24.5 Å². The number of nitrogens with zero attached hydrogens (tertiary/aromatic N) is 2. The molecule has 2 rings (SSSR count). The van der Waals surface area contributed by atoms with E-state index >= 15 is 0 Å². The van der Waals surface area contributed by atoms with Gasteiger partial charge in [0, 0.05) is 12.7 Å². The first kappa shape index (κ1) is 11.1. The van der Waals surface area contributed by atoms with E-state index in [0.717, 1.165) is 17.9 Å². The van der Waals surface area contributed by atoms with Crippen LogP contribution in [0.2, 0.25) is 0 Å². The molecule has 1 N–H and O–H groups in total. The Morgan fingerprint density at radius 3 is 3.19 bits per heavy atom. The van der Waals surface area contributed by atoms with Gasteiger partial charge in [0.25, 0.3) is 0 Å². The monoisotopic (exact) mass is 221 g/mol. The Morgan fingerprint density at radius 2 is 2.38 bits per heavy atom. The number of halogens is 1. The Labute approximate surface area is 94.3 Å². The van der Waals surface area contributed by atoms with Crippen LogP contribution in [0.4, 0.5) is 4.39 Å². The zero-order chi connectivity index (χ0) is 11.4. The quantitative estimate of drug-likeness (QED) is 0.783. The average molecular weight is 221 g/mol. The third-order valence-corrected chi connectivity index (χ3v) is 2.54. The molecule has 0 unspecified atom stereocenters. The molecule has 0 atom stereocenters. The second kappa shape index (κ2) is 5.07. The fourth-order valence-electron chi connectivity index (χ4n) is 1.67. The molecule has 0 aromatic carbocycles. The van der Waals surface area contributed by atoms with Gasteiger partial charge in [0.1, 0.15) is 5.65 Å². The minimum Gasteiger partial charge on any atom is -0.311 e. The minimum absolute atomic E-state index is 0.265. The molecule has 16 heavy (non-hydrogen) atoms. The third kappa shape index (κ3) is 2.39. The predicted molar refractivity (Wildman–Crippen MR) is 62.2 cm³/mol. The lowest BCUT2D eigenvalue weighted by molar-refractivity contribution is 0.458. The summed E-state index contributed by atoms with van der Waals surface area (Å²) in [6.07, 6.45) is 4.44. The van der Waals surface area contributed by atoms with Crippen LogP contribution in [-0.4, -0.2) is 22.6 Å². The highest BCUT2D eigenvalue weighted by Crippen LogP contribution is 2.08. The average Bonchev–Trinajstić information content (AvgIpc) is 2.67. The van der Waals surface area contributed by atoms with E-state index < -0.39 is 0 Å². The lowest BCUT2D eigenvalue weighted by Crippen LogP contribution is -2.16. The molecule has 0 aliphatic heterocycles. The number of imidazole rings is 1. The Bertz CT molecular complexity index is 464. The summed E-state index contributed by atoms with van der Waals surface area (Å²) >= 11 is 0. The minimum atomic E-state index is -0.265. The maximum absolute atomic E-state index is 11.9. The van der Waals surface area contributed by atoms with Crippen molar-refractivity contribution in [2.24, 2.45) is 0 Å². The zero-order valence-electron chi connectivity index (χ0n) is 9.41. The van der Waals surface area contributed by atoms with Crippen molar-refractivity contribution in [1.29, 1.82) is 0 Å². The highest BCUT2D eigenvalue weighted by molar-refractivity contribution is 5.42. The molecule has 0 spiro atoms. The first-order chi connectivity index (χ1) is 7.81. The smallest absolute Gasteiger partial charge is 0.137 e. The van der Waals surface area contributed by atoms with Gasteiger partial charge in [-0.25, -0.2) is 4.98 Å². The van der Waals surface area contributed by atoms with Gasteiger partial charge in [0.2, 0.25) is 0 Å². The number of rotatable bonds is 5. The standard InChI is InChI=1S/C12H16FN3/c1-10-3-6-16-11(8-14-5-2-4-13)9-15-12(16)7-10/h3,6-7,9,14H,2,4-5,8H2,1H3. The predicted octanol–water partition coefficient (Wildman–Crippen LogP) is 2.09. The van der Waals surface area contributed by atoms with Crippen LogP contribution < -0.4 is 5.32 Å². The van der Waals surface area contributed by atoms with Gasteiger partial charge in [0.15, 0.2) is 0 Å². The van der Waals surface area contributed by atoms with Crippen molar-refractivity contribution in [2.75, 3.05) is 13.2 Å². The molecule has 2 heterocycles. The van der Waals surface area contributed by atoms with Gasteiger partial charge in [-0.15, -0.1) is 0 Å². The van der Waals surface area contributed by atoms with Crippen molar-refractivity contribution in [3.8, 4) is 0 Å². The number of fused-ring (bicyclic) bond motifs is 1. The Kier molecular flexibility index (Phi) is 3.51. The number of hydrogen-bond donors (Lipinski definition) is 1. The fourth-order valence-corrected chi connectivity index (χ4v) is 1.67. The molecule has 0 saturated heterocycles. The van der Waals surface area contributed by atoms with Crippen LogP contribution >= 0.6 is 0 Å². The van der Waals surface area contributed by atoms with E-state index in [2.05, 4.69) is 20.8 Å². The molecule has 3 nitrogen and oxygen atoms in total. The highest BCUT2D eigenvalue weighted by atomic mass is 19.1. The van der Waals surface area contributed by atoms with Gasteiger partial charge >= 0.3 is 0 Å². The van der Waals surface area contributed by atoms with Crippen molar-refractivity contribution in [3.05, 3.63) is 35.8 Å². The van der Waals surface area contributed by atoms with Crippen LogP contribution in [0.5, 0.6) is 0 Å². The first-order valence-electron chi connectivity index (χ1n) is 5.50. The summed E-state index contributed by atoms with van der Waals surface area (Å²) in [5, 5.41) is 3.19. The van der Waals surface area contributed by atoms with E-state index in [9.17, 15) is 4.39 Å². The number of aryl methyl sites for hydroxylation is 1. The maximum atomic E-state index is 11.9. The zero-order valence-corrected chi connectivity index (χ0v) is 9.41. The van der Waals surface area contributed by atoms with Crippen LogP contribution in [0.3, 0.4) is 0 Å². The lowest BCUT2D eigenvalue weighted by Gasteiger charge is -2.03. The Hall–Kier alpha value is -1.42. The topological polar surface area (TPSA) is 29.3 Å². The molecule has 2 aromatic heterocycles. The van der Waals surface area contributed by atoms with E-state index in [4.69, 9.17) is 0 Å². The van der Waals surface area contributed by atoms with Gasteiger partial charge in [-0.2, -0.15) is 0 Å². The second-order valence-corrected chi connectivity index (χ2v) is 3.90. The van der Waals surface area contributed by atoms with Crippen molar-refractivity contribution >= 4 is 5.65 Å². The van der Waals surface area contributed by atoms with Gasteiger partial charge in [-0.1, -0.05) is 0 Å². The van der Waals surface area contributed by atoms with Crippen molar-refractivity contribution < 1.29 is 4.39 Å². The molecule has 0 aliphatic rings. The van der Waals surface area contributed by atoms with Crippen molar-refractivity contribution in [3.63, 3.8) is 0 Å². The summed E-state index contributed by atoms with van der Waals surface area (Å²) in [4.78, 5) is 4.33. The molecule has 0 radical (unpaired) electrons. The first-order valence-corrected chi connectivity index (χ1v) is 5.50. The summed E-state index contributed by atoms with van der Waals surface area (Å²) in [5.74, 6) is 0. The summed E-state index contributed by atoms with van der Waals surface area (Å²) in [7, 11) is 0. The number of pyridine rings is 1. The molecule has 0 amide bonds. The van der Waals surface area contributed by atoms with Crippen LogP contribution in [0, 0.1) is 6.92 Å². The van der Waals surface area contributed by atoms with Crippen LogP contribution in [0.25, 0.3) is 5.65 Å². The van der Waals surface area contributed by atoms with Crippen molar-refractivity contribution in [1.82, 2.24) is 14.7 Å². The molecule has 86 valence electrons. The fraction of sp³-hybridized carbons (Fsp3) is 0.417. The maximum Gasteiger partial charge on any atom is 0.137 e. The third-order valence-electron chi connectivity index (χ3n) is 2.54. The number of hydrogen-bond acceptors (Lipinski definition) is 2. The number of aromatic nitrogens is 2. The number of nitrogens with one attached hydrogen (secondary N) is 1. The Morgan fingerprint density at radius 1 is 1.50 bits per heavy atom. The van der Waals surface area contributed by atoms with Crippen molar-refractivity contribution in [2.45, 2.75) is 19.9 Å². The summed E-state index contributed by atoms with van der Waals surface area (Å²) in [6, 6.07) is 4.10. The molecule has 0 aliphatic carbocycles. The molecule has 0 saturated carbocycles. The SMILES string of the molecule is Cc1ccn2c(CNCCCF)cnc2c1. The molecule has 0 bridgehead atoms.